The van der Waals surface area contributed by atoms with E-state index in [9.17, 15) is 4.91 Å². The molecule has 0 aliphatic carbocycles. The van der Waals surface area contributed by atoms with Crippen molar-refractivity contribution in [3.05, 3.63) is 4.91 Å². The van der Waals surface area contributed by atoms with Crippen LogP contribution in [0.25, 0.3) is 0 Å². The number of hydrogen-bond acceptors (Lipinski definition) is 3. The normalized spacial score (nSPS) is 26.9. The van der Waals surface area contributed by atoms with Crippen LogP contribution in [0.3, 0.4) is 0 Å². The minimum Gasteiger partial charge on any atom is -0.171 e. The van der Waals surface area contributed by atoms with E-state index in [1.807, 2.05) is 0 Å². The van der Waals surface area contributed by atoms with Gasteiger partial charge in [-0.25, -0.2) is 0 Å². The predicted octanol–water partition coefficient (Wildman–Crippen LogP) is -0.711. The maximum Gasteiger partial charge on any atom is 0.388 e. The smallest absolute Gasteiger partial charge is 0.171 e. The van der Waals surface area contributed by atoms with Crippen LogP contribution in [-0.4, -0.2) is 33.3 Å². The Kier molecular flexibility index (Phi) is 0.663. The van der Waals surface area contributed by atoms with Crippen LogP contribution in [-0.2, 0) is 0 Å². The van der Waals surface area contributed by atoms with E-state index < -0.39 is 4.81 Å². The van der Waals surface area contributed by atoms with Gasteiger partial charge in [0.25, 0.3) is 0 Å². The first-order valence-corrected chi connectivity index (χ1v) is 1.85. The molecular weight excluding hydrogens is 100 g/mol. The van der Waals surface area contributed by atoms with Crippen LogP contribution in [0.5, 0.6) is 0 Å². The molecule has 0 amide bonds. The first-order valence-electron chi connectivity index (χ1n) is 1.85. The van der Waals surface area contributed by atoms with Gasteiger partial charge in [0.05, 0.1) is 4.81 Å². The van der Waals surface area contributed by atoms with Crippen LogP contribution in [0.2, 0.25) is 0 Å². The van der Waals surface area contributed by atoms with Crippen LogP contribution in [0.15, 0.2) is 0 Å². The summed E-state index contributed by atoms with van der Waals surface area (Å²) in [5.41, 5.74) is 0. The SMILES string of the molecule is O=[N+]1C[N+](O)(O)C1. The van der Waals surface area contributed by atoms with Crippen LogP contribution in [0, 0.1) is 4.91 Å². The van der Waals surface area contributed by atoms with E-state index in [-0.39, 0.29) is 13.3 Å². The van der Waals surface area contributed by atoms with Gasteiger partial charge in [-0.3, -0.25) is 0 Å². The first-order chi connectivity index (χ1) is 3.10. The fourth-order valence-electron chi connectivity index (χ4n) is 0.464. The van der Waals surface area contributed by atoms with Crippen molar-refractivity contribution in [1.82, 2.24) is 0 Å². The Morgan fingerprint density at radius 1 is 1.43 bits per heavy atom. The van der Waals surface area contributed by atoms with Crippen LogP contribution < -0.4 is 0 Å². The highest BCUT2D eigenvalue weighted by Crippen LogP contribution is 2.05. The zero-order chi connectivity index (χ0) is 5.49. The van der Waals surface area contributed by atoms with Gasteiger partial charge in [-0.2, -0.15) is 10.4 Å². The van der Waals surface area contributed by atoms with Crippen LogP contribution in [0.4, 0.5) is 0 Å². The molecule has 0 spiro atoms. The zero-order valence-corrected chi connectivity index (χ0v) is 3.61. The summed E-state index contributed by atoms with van der Waals surface area (Å²) in [5.74, 6) is 0. The van der Waals surface area contributed by atoms with Gasteiger partial charge in [0.15, 0.2) is 0 Å². The fourth-order valence-corrected chi connectivity index (χ4v) is 0.464. The van der Waals surface area contributed by atoms with E-state index in [1.54, 1.807) is 0 Å². The summed E-state index contributed by atoms with van der Waals surface area (Å²) in [5, 5.41) is 16.7. The number of quaternary nitrogens is 1. The van der Waals surface area contributed by atoms with Crippen molar-refractivity contribution in [2.45, 2.75) is 0 Å². The van der Waals surface area contributed by atoms with Crippen molar-refractivity contribution in [1.29, 1.82) is 0 Å². The van der Waals surface area contributed by atoms with Crippen molar-refractivity contribution < 1.29 is 20.0 Å². The second kappa shape index (κ2) is 1.00. The van der Waals surface area contributed by atoms with E-state index in [2.05, 4.69) is 0 Å². The van der Waals surface area contributed by atoms with Gasteiger partial charge in [-0.15, -0.1) is 0 Å². The molecule has 1 aliphatic rings. The molecule has 0 bridgehead atoms. The van der Waals surface area contributed by atoms with Crippen molar-refractivity contribution >= 4 is 0 Å². The van der Waals surface area contributed by atoms with E-state index in [0.29, 0.717) is 4.76 Å². The lowest BCUT2D eigenvalue weighted by Crippen LogP contribution is -2.60. The third kappa shape index (κ3) is 0.738. The zero-order valence-electron chi connectivity index (χ0n) is 3.61. The van der Waals surface area contributed by atoms with Crippen molar-refractivity contribution in [3.63, 3.8) is 0 Å². The summed E-state index contributed by atoms with van der Waals surface area (Å²) in [6, 6.07) is 0. The Hall–Kier alpha value is -0.520. The van der Waals surface area contributed by atoms with Gasteiger partial charge in [0.2, 0.25) is 0 Å². The first kappa shape index (κ1) is 4.63. The Balaban J connectivity index is 2.43. The number of nitroso groups, excluding NO2 is 1. The molecule has 1 heterocycles. The monoisotopic (exact) mass is 106 g/mol. The minimum atomic E-state index is -1.15. The van der Waals surface area contributed by atoms with Gasteiger partial charge < -0.3 is 0 Å². The van der Waals surface area contributed by atoms with Crippen LogP contribution in [0.1, 0.15) is 0 Å². The topological polar surface area (TPSA) is 60.5 Å². The highest BCUT2D eigenvalue weighted by Gasteiger charge is 2.50. The molecular formula is C2H6N2O3+2. The molecule has 2 N–H and O–H groups in total. The molecule has 0 radical (unpaired) electrons. The Labute approximate surface area is 39.5 Å². The summed E-state index contributed by atoms with van der Waals surface area (Å²) in [6.07, 6.45) is 0. The summed E-state index contributed by atoms with van der Waals surface area (Å²) < 4.78 is 0.556. The molecule has 40 valence electrons. The molecule has 5 nitrogen and oxygen atoms in total. The predicted molar refractivity (Wildman–Crippen MR) is 17.2 cm³/mol. The lowest BCUT2D eigenvalue weighted by molar-refractivity contribution is -1.36. The van der Waals surface area contributed by atoms with Gasteiger partial charge >= 0.3 is 13.3 Å². The van der Waals surface area contributed by atoms with E-state index in [0.717, 1.165) is 0 Å². The number of rotatable bonds is 0. The summed E-state index contributed by atoms with van der Waals surface area (Å²) >= 11 is 0. The lowest BCUT2D eigenvalue weighted by atomic mass is 10.7. The van der Waals surface area contributed by atoms with E-state index >= 15 is 0 Å². The molecule has 0 aromatic heterocycles. The quantitative estimate of drug-likeness (QED) is 0.317. The average molecular weight is 106 g/mol. The number of hydrogen-bond donors (Lipinski definition) is 2. The molecule has 7 heavy (non-hydrogen) atoms. The molecule has 1 saturated heterocycles. The van der Waals surface area contributed by atoms with E-state index in [1.165, 1.54) is 0 Å². The fraction of sp³-hybridized carbons (Fsp3) is 1.00. The molecule has 1 fully saturated rings. The van der Waals surface area contributed by atoms with Crippen molar-refractivity contribution in [3.8, 4) is 0 Å². The standard InChI is InChI=1S/C2H6N2O3/c5-3-1-4(6,7)2-3/h6-7H,1-2H2/q+2. The number of hydroxylamine groups is 4. The maximum absolute atomic E-state index is 9.90. The van der Waals surface area contributed by atoms with Crippen LogP contribution >= 0.6 is 0 Å². The highest BCUT2D eigenvalue weighted by molar-refractivity contribution is 4.05. The molecule has 0 aromatic rings. The summed E-state index contributed by atoms with van der Waals surface area (Å²) in [6.45, 7) is -0.472. The molecule has 5 heteroatoms. The molecule has 0 unspecified atom stereocenters. The summed E-state index contributed by atoms with van der Waals surface area (Å²) in [4.78, 5) is 8.75. The van der Waals surface area contributed by atoms with Gasteiger partial charge in [0.1, 0.15) is 4.76 Å². The van der Waals surface area contributed by atoms with Crippen molar-refractivity contribution in [2.75, 3.05) is 13.3 Å². The Morgan fingerprint density at radius 3 is 1.86 bits per heavy atom. The number of nitrogens with zero attached hydrogens (tertiary/aromatic N) is 2. The second-order valence-electron chi connectivity index (χ2n) is 1.64. The maximum atomic E-state index is 9.90. The van der Waals surface area contributed by atoms with E-state index in [4.69, 9.17) is 10.4 Å². The van der Waals surface area contributed by atoms with Gasteiger partial charge in [-0.05, 0) is 0 Å². The second-order valence-corrected chi connectivity index (χ2v) is 1.64. The Bertz CT molecular complexity index is 99.5. The molecule has 1 rings (SSSR count). The minimum absolute atomic E-state index is 0.236. The molecule has 0 aromatic carbocycles. The third-order valence-electron chi connectivity index (χ3n) is 0.768. The third-order valence-corrected chi connectivity index (χ3v) is 0.768. The highest BCUT2D eigenvalue weighted by atomic mass is 16.9. The van der Waals surface area contributed by atoms with Gasteiger partial charge in [-0.1, -0.05) is 0 Å². The lowest BCUT2D eigenvalue weighted by Gasteiger charge is -2.18. The molecule has 0 saturated carbocycles. The largest absolute Gasteiger partial charge is 0.388 e. The van der Waals surface area contributed by atoms with Crippen molar-refractivity contribution in [2.24, 2.45) is 0 Å². The average Bonchev–Trinajstić information content (AvgIpc) is 1.27. The molecule has 0 atom stereocenters. The van der Waals surface area contributed by atoms with Gasteiger partial charge in [0, 0.05) is 4.91 Å². The summed E-state index contributed by atoms with van der Waals surface area (Å²) in [7, 11) is 0. The Morgan fingerprint density at radius 2 is 1.86 bits per heavy atom. The molecule has 1 aliphatic heterocycles.